The van der Waals surface area contributed by atoms with Gasteiger partial charge in [-0.05, 0) is 38.5 Å². The van der Waals surface area contributed by atoms with Crippen LogP contribution in [-0.2, 0) is 16.1 Å². The summed E-state index contributed by atoms with van der Waals surface area (Å²) in [7, 11) is 0. The van der Waals surface area contributed by atoms with Crippen molar-refractivity contribution in [1.29, 1.82) is 0 Å². The summed E-state index contributed by atoms with van der Waals surface area (Å²) in [4.78, 5) is 29.8. The smallest absolute Gasteiger partial charge is 0.253 e. The molecule has 1 saturated carbocycles. The van der Waals surface area contributed by atoms with Crippen molar-refractivity contribution in [1.82, 2.24) is 24.6 Å². The molecule has 3 aliphatic rings. The third-order valence-electron chi connectivity index (χ3n) is 6.00. The topological polar surface area (TPSA) is 71.3 Å². The number of nitrogens with zero attached hydrogens (tertiary/aromatic N) is 5. The van der Waals surface area contributed by atoms with Crippen LogP contribution in [0.15, 0.2) is 0 Å². The first-order valence-electron chi connectivity index (χ1n) is 9.63. The monoisotopic (exact) mass is 345 g/mol. The maximum absolute atomic E-state index is 13.2. The summed E-state index contributed by atoms with van der Waals surface area (Å²) in [5.74, 6) is 2.07. The van der Waals surface area contributed by atoms with Crippen LogP contribution >= 0.6 is 0 Å². The Hall–Kier alpha value is -1.92. The van der Waals surface area contributed by atoms with Gasteiger partial charge in [0.15, 0.2) is 11.9 Å². The van der Waals surface area contributed by atoms with Crippen LogP contribution in [0.2, 0.25) is 0 Å². The fourth-order valence-electron chi connectivity index (χ4n) is 4.55. The lowest BCUT2D eigenvalue weighted by Crippen LogP contribution is -2.50. The van der Waals surface area contributed by atoms with Crippen molar-refractivity contribution < 1.29 is 9.59 Å². The van der Waals surface area contributed by atoms with Crippen LogP contribution in [0, 0.1) is 12.8 Å². The van der Waals surface area contributed by atoms with Crippen molar-refractivity contribution >= 4 is 11.8 Å². The van der Waals surface area contributed by atoms with E-state index in [4.69, 9.17) is 0 Å². The molecule has 1 saturated heterocycles. The van der Waals surface area contributed by atoms with E-state index in [1.54, 1.807) is 4.90 Å². The van der Waals surface area contributed by atoms with Gasteiger partial charge in [-0.25, -0.2) is 0 Å². The van der Waals surface area contributed by atoms with E-state index in [0.29, 0.717) is 31.3 Å². The van der Waals surface area contributed by atoms with E-state index in [9.17, 15) is 9.59 Å². The summed E-state index contributed by atoms with van der Waals surface area (Å²) in [6.45, 7) is 4.72. The molecule has 4 rings (SSSR count). The third kappa shape index (κ3) is 3.04. The first-order valence-corrected chi connectivity index (χ1v) is 9.63. The molecule has 7 nitrogen and oxygen atoms in total. The molecule has 136 valence electrons. The van der Waals surface area contributed by atoms with Crippen molar-refractivity contribution in [3.63, 3.8) is 0 Å². The maximum Gasteiger partial charge on any atom is 0.253 e. The van der Waals surface area contributed by atoms with Gasteiger partial charge < -0.3 is 14.4 Å². The summed E-state index contributed by atoms with van der Waals surface area (Å²) in [5.41, 5.74) is 0. The largest absolute Gasteiger partial charge is 0.340 e. The van der Waals surface area contributed by atoms with Crippen LogP contribution in [0.3, 0.4) is 0 Å². The Morgan fingerprint density at radius 2 is 1.72 bits per heavy atom. The van der Waals surface area contributed by atoms with Crippen molar-refractivity contribution in [2.24, 2.45) is 5.92 Å². The predicted molar refractivity (Wildman–Crippen MR) is 91.6 cm³/mol. The standard InChI is InChI=1S/C18H27N5O2/c1-13-19-20-17-16(18(25)21-8-4-5-9-21)23(11-10-22(13)17)15(24)12-14-6-2-3-7-14/h14,16H,2-12H2,1H3. The van der Waals surface area contributed by atoms with E-state index in [-0.39, 0.29) is 11.8 Å². The van der Waals surface area contributed by atoms with Gasteiger partial charge in [0.25, 0.3) is 5.91 Å². The molecular weight excluding hydrogens is 318 g/mol. The van der Waals surface area contributed by atoms with Gasteiger partial charge in [0.1, 0.15) is 5.82 Å². The normalized spacial score (nSPS) is 24.0. The Labute approximate surface area is 148 Å². The molecule has 1 aromatic rings. The highest BCUT2D eigenvalue weighted by Gasteiger charge is 2.41. The number of hydrogen-bond acceptors (Lipinski definition) is 4. The van der Waals surface area contributed by atoms with Crippen molar-refractivity contribution in [3.05, 3.63) is 11.6 Å². The SMILES string of the molecule is Cc1nnc2n1CCN(C(=O)CC1CCCC1)C2C(=O)N1CCCC1. The van der Waals surface area contributed by atoms with Crippen molar-refractivity contribution in [2.75, 3.05) is 19.6 Å². The molecule has 0 spiro atoms. The summed E-state index contributed by atoms with van der Waals surface area (Å²) in [5, 5.41) is 8.43. The molecule has 1 aliphatic carbocycles. The first-order chi connectivity index (χ1) is 12.1. The van der Waals surface area contributed by atoms with E-state index >= 15 is 0 Å². The minimum Gasteiger partial charge on any atom is -0.340 e. The summed E-state index contributed by atoms with van der Waals surface area (Å²) >= 11 is 0. The molecule has 2 aliphatic heterocycles. The quantitative estimate of drug-likeness (QED) is 0.835. The van der Waals surface area contributed by atoms with Gasteiger partial charge in [0, 0.05) is 32.6 Å². The highest BCUT2D eigenvalue weighted by Crippen LogP contribution is 2.32. The van der Waals surface area contributed by atoms with E-state index in [2.05, 4.69) is 10.2 Å². The minimum atomic E-state index is -0.595. The maximum atomic E-state index is 13.2. The van der Waals surface area contributed by atoms with E-state index in [1.807, 2.05) is 16.4 Å². The van der Waals surface area contributed by atoms with Crippen LogP contribution in [-0.4, -0.2) is 56.0 Å². The summed E-state index contributed by atoms with van der Waals surface area (Å²) in [6.07, 6.45) is 7.37. The Morgan fingerprint density at radius 3 is 2.44 bits per heavy atom. The molecule has 25 heavy (non-hydrogen) atoms. The minimum absolute atomic E-state index is 0.0191. The highest BCUT2D eigenvalue weighted by atomic mass is 16.2. The van der Waals surface area contributed by atoms with Gasteiger partial charge >= 0.3 is 0 Å². The summed E-state index contributed by atoms with van der Waals surface area (Å²) in [6, 6.07) is -0.595. The van der Waals surface area contributed by atoms with Crippen LogP contribution < -0.4 is 0 Å². The van der Waals surface area contributed by atoms with Crippen molar-refractivity contribution in [2.45, 2.75) is 64.5 Å². The number of aromatic nitrogens is 3. The number of fused-ring (bicyclic) bond motifs is 1. The molecule has 2 fully saturated rings. The highest BCUT2D eigenvalue weighted by molar-refractivity contribution is 5.88. The molecule has 0 radical (unpaired) electrons. The molecule has 1 unspecified atom stereocenters. The Kier molecular flexibility index (Phi) is 4.48. The van der Waals surface area contributed by atoms with Gasteiger partial charge in [-0.3, -0.25) is 9.59 Å². The van der Waals surface area contributed by atoms with Gasteiger partial charge in [-0.15, -0.1) is 10.2 Å². The molecule has 1 aromatic heterocycles. The summed E-state index contributed by atoms with van der Waals surface area (Å²) < 4.78 is 2.00. The van der Waals surface area contributed by atoms with E-state index < -0.39 is 6.04 Å². The molecule has 0 N–H and O–H groups in total. The van der Waals surface area contributed by atoms with Crippen molar-refractivity contribution in [3.8, 4) is 0 Å². The fourth-order valence-corrected chi connectivity index (χ4v) is 4.55. The molecule has 0 bridgehead atoms. The molecule has 7 heteroatoms. The Balaban J connectivity index is 1.60. The molecule has 0 aromatic carbocycles. The molecule has 2 amide bonds. The van der Waals surface area contributed by atoms with Gasteiger partial charge in [0.2, 0.25) is 5.91 Å². The average Bonchev–Trinajstić information content (AvgIpc) is 3.35. The Morgan fingerprint density at radius 1 is 1.00 bits per heavy atom. The van der Waals surface area contributed by atoms with E-state index in [0.717, 1.165) is 44.6 Å². The molecule has 3 heterocycles. The zero-order chi connectivity index (χ0) is 17.4. The van der Waals surface area contributed by atoms with Gasteiger partial charge in [-0.2, -0.15) is 0 Å². The Bertz CT molecular complexity index is 658. The second kappa shape index (κ2) is 6.77. The van der Waals surface area contributed by atoms with Crippen LogP contribution in [0.4, 0.5) is 0 Å². The lowest BCUT2D eigenvalue weighted by atomic mass is 10.0. The number of carbonyl (C=O) groups excluding carboxylic acids is 2. The van der Waals surface area contributed by atoms with Crippen LogP contribution in [0.5, 0.6) is 0 Å². The van der Waals surface area contributed by atoms with E-state index in [1.165, 1.54) is 12.8 Å². The van der Waals surface area contributed by atoms with Crippen LogP contribution in [0.25, 0.3) is 0 Å². The average molecular weight is 345 g/mol. The molecular formula is C18H27N5O2. The fraction of sp³-hybridized carbons (Fsp3) is 0.778. The molecule has 1 atom stereocenters. The van der Waals surface area contributed by atoms with Gasteiger partial charge in [-0.1, -0.05) is 12.8 Å². The van der Waals surface area contributed by atoms with Crippen LogP contribution in [0.1, 0.15) is 62.6 Å². The number of amides is 2. The van der Waals surface area contributed by atoms with Gasteiger partial charge in [0.05, 0.1) is 0 Å². The second-order valence-corrected chi connectivity index (χ2v) is 7.63. The zero-order valence-corrected chi connectivity index (χ0v) is 15.0. The zero-order valence-electron chi connectivity index (χ0n) is 15.0. The number of rotatable bonds is 3. The first kappa shape index (κ1) is 16.5. The third-order valence-corrected chi connectivity index (χ3v) is 6.00. The predicted octanol–water partition coefficient (Wildman–Crippen LogP) is 1.67. The second-order valence-electron chi connectivity index (χ2n) is 7.63. The lowest BCUT2D eigenvalue weighted by Gasteiger charge is -2.37. The number of hydrogen-bond donors (Lipinski definition) is 0. The number of carbonyl (C=O) groups is 2. The lowest BCUT2D eigenvalue weighted by molar-refractivity contribution is -0.148. The number of aryl methyl sites for hydroxylation is 1. The number of likely N-dealkylation sites (tertiary alicyclic amines) is 1.